The number of hydrogen-bond donors (Lipinski definition) is 2. The molecule has 8 heteroatoms. The maximum absolute atomic E-state index is 14.3. The Morgan fingerprint density at radius 3 is 3.04 bits per heavy atom. The molecule has 1 aromatic rings. The fraction of sp³-hybridized carbons (Fsp3) is 0.500. The molecule has 2 atom stereocenters. The van der Waals surface area contributed by atoms with Crippen LogP contribution in [-0.2, 0) is 9.53 Å². The number of anilines is 1. The zero-order valence-corrected chi connectivity index (χ0v) is 13.4. The summed E-state index contributed by atoms with van der Waals surface area (Å²) in [6.07, 6.45) is -0.211. The van der Waals surface area contributed by atoms with Crippen LogP contribution >= 0.6 is 0 Å². The van der Waals surface area contributed by atoms with E-state index < -0.39 is 18.0 Å². The van der Waals surface area contributed by atoms with Gasteiger partial charge in [0, 0.05) is 19.5 Å². The second-order valence-corrected chi connectivity index (χ2v) is 5.90. The Morgan fingerprint density at radius 2 is 2.38 bits per heavy atom. The number of amides is 2. The van der Waals surface area contributed by atoms with Gasteiger partial charge < -0.3 is 20.1 Å². The van der Waals surface area contributed by atoms with Gasteiger partial charge in [-0.25, -0.2) is 9.18 Å². The topological polar surface area (TPSA) is 79.9 Å². The first-order chi connectivity index (χ1) is 11.5. The lowest BCUT2D eigenvalue weighted by atomic mass is 10.2. The number of nitrogens with one attached hydrogen (secondary N) is 2. The summed E-state index contributed by atoms with van der Waals surface area (Å²) >= 11 is 0. The van der Waals surface area contributed by atoms with E-state index in [2.05, 4.69) is 10.6 Å². The van der Waals surface area contributed by atoms with Crippen molar-refractivity contribution in [3.63, 3.8) is 0 Å². The van der Waals surface area contributed by atoms with Gasteiger partial charge in [-0.2, -0.15) is 0 Å². The maximum atomic E-state index is 14.3. The Balaban J connectivity index is 1.65. The lowest BCUT2D eigenvalue weighted by Crippen LogP contribution is -2.33. The van der Waals surface area contributed by atoms with Gasteiger partial charge in [-0.15, -0.1) is 0 Å². The first kappa shape index (κ1) is 16.5. The standard InChI is InChI=1S/C16H20FN3O4/c1-10(21)19-8-13-9-20(16(22)24-13)11-2-3-15(14(17)6-11)23-12-4-5-18-7-12/h2-3,6,12-13,18H,4-5,7-9H2,1H3,(H,19,21)/t12-,13-/m0/s1. The normalized spacial score (nSPS) is 23.2. The van der Waals surface area contributed by atoms with E-state index in [1.807, 2.05) is 0 Å². The van der Waals surface area contributed by atoms with Gasteiger partial charge in [-0.1, -0.05) is 0 Å². The van der Waals surface area contributed by atoms with Crippen molar-refractivity contribution in [3.8, 4) is 5.75 Å². The van der Waals surface area contributed by atoms with E-state index in [1.165, 1.54) is 24.0 Å². The molecule has 2 fully saturated rings. The van der Waals surface area contributed by atoms with Crippen molar-refractivity contribution >= 4 is 17.7 Å². The highest BCUT2D eigenvalue weighted by Crippen LogP contribution is 2.28. The Kier molecular flexibility index (Phi) is 4.84. The minimum absolute atomic E-state index is 0.0378. The maximum Gasteiger partial charge on any atom is 0.414 e. The number of carbonyl (C=O) groups excluding carboxylic acids is 2. The zero-order valence-electron chi connectivity index (χ0n) is 13.4. The second kappa shape index (κ2) is 7.04. The van der Waals surface area contributed by atoms with Crippen molar-refractivity contribution in [2.45, 2.75) is 25.6 Å². The number of halogens is 1. The molecule has 0 radical (unpaired) electrons. The van der Waals surface area contributed by atoms with Gasteiger partial charge in [0.2, 0.25) is 5.91 Å². The van der Waals surface area contributed by atoms with Crippen LogP contribution in [0.2, 0.25) is 0 Å². The molecule has 130 valence electrons. The van der Waals surface area contributed by atoms with E-state index in [-0.39, 0.29) is 30.9 Å². The van der Waals surface area contributed by atoms with Crippen LogP contribution in [0, 0.1) is 5.82 Å². The summed E-state index contributed by atoms with van der Waals surface area (Å²) < 4.78 is 25.0. The van der Waals surface area contributed by atoms with Gasteiger partial charge in [-0.05, 0) is 25.1 Å². The van der Waals surface area contributed by atoms with Gasteiger partial charge in [0.1, 0.15) is 12.2 Å². The minimum Gasteiger partial charge on any atom is -0.486 e. The van der Waals surface area contributed by atoms with Crippen LogP contribution in [-0.4, -0.2) is 50.4 Å². The van der Waals surface area contributed by atoms with Crippen LogP contribution in [0.5, 0.6) is 5.75 Å². The molecule has 24 heavy (non-hydrogen) atoms. The fourth-order valence-electron chi connectivity index (χ4n) is 2.76. The van der Waals surface area contributed by atoms with Gasteiger partial charge in [0.25, 0.3) is 0 Å². The monoisotopic (exact) mass is 337 g/mol. The Morgan fingerprint density at radius 1 is 1.54 bits per heavy atom. The third-order valence-electron chi connectivity index (χ3n) is 3.99. The summed E-state index contributed by atoms with van der Waals surface area (Å²) in [5.41, 5.74) is 0.403. The third kappa shape index (κ3) is 3.76. The molecule has 0 spiro atoms. The van der Waals surface area contributed by atoms with Crippen molar-refractivity contribution in [1.82, 2.24) is 10.6 Å². The van der Waals surface area contributed by atoms with Crippen molar-refractivity contribution in [3.05, 3.63) is 24.0 Å². The number of hydrogen-bond acceptors (Lipinski definition) is 5. The van der Waals surface area contributed by atoms with Crippen LogP contribution in [0.3, 0.4) is 0 Å². The van der Waals surface area contributed by atoms with E-state index >= 15 is 0 Å². The summed E-state index contributed by atoms with van der Waals surface area (Å²) in [5, 5.41) is 5.75. The molecule has 1 aromatic carbocycles. The zero-order chi connectivity index (χ0) is 17.1. The van der Waals surface area contributed by atoms with Crippen molar-refractivity contribution in [2.24, 2.45) is 0 Å². The van der Waals surface area contributed by atoms with Crippen LogP contribution < -0.4 is 20.3 Å². The average molecular weight is 337 g/mol. The summed E-state index contributed by atoms with van der Waals surface area (Å²) in [4.78, 5) is 24.2. The fourth-order valence-corrected chi connectivity index (χ4v) is 2.76. The molecule has 0 aliphatic carbocycles. The predicted molar refractivity (Wildman–Crippen MR) is 84.6 cm³/mol. The first-order valence-electron chi connectivity index (χ1n) is 7.92. The van der Waals surface area contributed by atoms with Crippen molar-refractivity contribution in [1.29, 1.82) is 0 Å². The number of benzene rings is 1. The molecule has 0 bridgehead atoms. The molecule has 0 aromatic heterocycles. The smallest absolute Gasteiger partial charge is 0.414 e. The molecular formula is C16H20FN3O4. The van der Waals surface area contributed by atoms with Crippen LogP contribution in [0.25, 0.3) is 0 Å². The highest BCUT2D eigenvalue weighted by molar-refractivity contribution is 5.89. The summed E-state index contributed by atoms with van der Waals surface area (Å²) in [6, 6.07) is 4.42. The minimum atomic E-state index is -0.557. The molecule has 2 aliphatic rings. The Hall–Kier alpha value is -2.35. The van der Waals surface area contributed by atoms with Crippen LogP contribution in [0.4, 0.5) is 14.9 Å². The number of nitrogens with zero attached hydrogens (tertiary/aromatic N) is 1. The first-order valence-corrected chi connectivity index (χ1v) is 7.92. The lowest BCUT2D eigenvalue weighted by Gasteiger charge is -2.16. The largest absolute Gasteiger partial charge is 0.486 e. The number of ether oxygens (including phenoxy) is 2. The molecule has 2 saturated heterocycles. The van der Waals surface area contributed by atoms with E-state index in [4.69, 9.17) is 9.47 Å². The van der Waals surface area contributed by atoms with Crippen molar-refractivity contribution < 1.29 is 23.5 Å². The van der Waals surface area contributed by atoms with Crippen molar-refractivity contribution in [2.75, 3.05) is 31.1 Å². The molecule has 2 N–H and O–H groups in total. The quantitative estimate of drug-likeness (QED) is 0.839. The molecule has 0 saturated carbocycles. The number of cyclic esters (lactones) is 1. The van der Waals surface area contributed by atoms with Gasteiger partial charge in [-0.3, -0.25) is 9.69 Å². The Labute approximate surface area is 139 Å². The second-order valence-electron chi connectivity index (χ2n) is 5.90. The number of carbonyl (C=O) groups is 2. The highest BCUT2D eigenvalue weighted by atomic mass is 19.1. The highest BCUT2D eigenvalue weighted by Gasteiger charge is 2.32. The van der Waals surface area contributed by atoms with E-state index in [9.17, 15) is 14.0 Å². The molecule has 0 unspecified atom stereocenters. The SMILES string of the molecule is CC(=O)NC[C@H]1CN(c2ccc(O[C@H]3CCNC3)c(F)c2)C(=O)O1. The van der Waals surface area contributed by atoms with Crippen LogP contribution in [0.1, 0.15) is 13.3 Å². The summed E-state index contributed by atoms with van der Waals surface area (Å²) in [7, 11) is 0. The number of rotatable bonds is 5. The third-order valence-corrected chi connectivity index (χ3v) is 3.99. The molecule has 7 nitrogen and oxygen atoms in total. The van der Waals surface area contributed by atoms with Gasteiger partial charge >= 0.3 is 6.09 Å². The van der Waals surface area contributed by atoms with Gasteiger partial charge in [0.15, 0.2) is 11.6 Å². The summed E-state index contributed by atoms with van der Waals surface area (Å²) in [6.45, 7) is 3.44. The van der Waals surface area contributed by atoms with E-state index in [1.54, 1.807) is 6.07 Å². The predicted octanol–water partition coefficient (Wildman–Crippen LogP) is 1.03. The molecule has 2 heterocycles. The molecule has 2 amide bonds. The van der Waals surface area contributed by atoms with Crippen LogP contribution in [0.15, 0.2) is 18.2 Å². The lowest BCUT2D eigenvalue weighted by molar-refractivity contribution is -0.119. The summed E-state index contributed by atoms with van der Waals surface area (Å²) in [5.74, 6) is -0.536. The van der Waals surface area contributed by atoms with Gasteiger partial charge in [0.05, 0.1) is 18.8 Å². The average Bonchev–Trinajstić information content (AvgIpc) is 3.17. The van der Waals surface area contributed by atoms with E-state index in [0.717, 1.165) is 13.0 Å². The Bertz CT molecular complexity index is 634. The molecular weight excluding hydrogens is 317 g/mol. The molecule has 2 aliphatic heterocycles. The molecule has 3 rings (SSSR count). The van der Waals surface area contributed by atoms with E-state index in [0.29, 0.717) is 12.2 Å².